The van der Waals surface area contributed by atoms with E-state index in [-0.39, 0.29) is 34.8 Å². The molecule has 0 saturated heterocycles. The first-order valence-corrected chi connectivity index (χ1v) is 12.7. The molecule has 0 unspecified atom stereocenters. The van der Waals surface area contributed by atoms with E-state index in [4.69, 9.17) is 0 Å². The van der Waals surface area contributed by atoms with Crippen molar-refractivity contribution in [2.75, 3.05) is 16.8 Å². The predicted molar refractivity (Wildman–Crippen MR) is 151 cm³/mol. The van der Waals surface area contributed by atoms with Gasteiger partial charge >= 0.3 is 12.1 Å². The van der Waals surface area contributed by atoms with Crippen LogP contribution in [0.15, 0.2) is 91.1 Å². The number of nitrogens with zero attached hydrogens (tertiary/aromatic N) is 1. The molecule has 0 spiro atoms. The van der Waals surface area contributed by atoms with Crippen LogP contribution in [0.5, 0.6) is 5.75 Å². The number of amides is 1. The van der Waals surface area contributed by atoms with Crippen LogP contribution in [0.25, 0.3) is 16.7 Å². The van der Waals surface area contributed by atoms with Crippen LogP contribution in [0, 0.1) is 6.92 Å². The van der Waals surface area contributed by atoms with Crippen molar-refractivity contribution in [3.8, 4) is 16.9 Å². The number of fused-ring (bicyclic) bond motifs is 1. The van der Waals surface area contributed by atoms with Crippen LogP contribution < -0.4 is 10.2 Å². The number of aromatic carboxylic acids is 1. The third-order valence-electron chi connectivity index (χ3n) is 7.08. The molecule has 208 valence electrons. The summed E-state index contributed by atoms with van der Waals surface area (Å²) in [6.45, 7) is 2.11. The van der Waals surface area contributed by atoms with Gasteiger partial charge in [0.25, 0.3) is 5.91 Å². The highest BCUT2D eigenvalue weighted by Crippen LogP contribution is 2.42. The standard InChI is InChI=1S/C32H25F3N2O4/c1-19-6-2-3-7-20(19)14-15-37-28-17-23(32(33,34)35)12-13-25(28)26(30(37)39)18-36-27-11-5-10-24(29(27)38)21-8-4-9-22(16-21)31(40)41/h2-13,16-18,36,38H,14-15H2,1H3,(H,40,41)/b26-18-. The Morgan fingerprint density at radius 3 is 2.44 bits per heavy atom. The van der Waals surface area contributed by atoms with E-state index in [0.717, 1.165) is 23.3 Å². The van der Waals surface area contributed by atoms with Crippen LogP contribution in [0.3, 0.4) is 0 Å². The van der Waals surface area contributed by atoms with Crippen molar-refractivity contribution >= 4 is 28.8 Å². The number of carboxylic acid groups (broad SMARTS) is 1. The number of hydrogen-bond donors (Lipinski definition) is 3. The average Bonchev–Trinajstić information content (AvgIpc) is 3.21. The Morgan fingerprint density at radius 2 is 1.71 bits per heavy atom. The average molecular weight is 559 g/mol. The normalized spacial score (nSPS) is 13.9. The molecule has 0 aromatic heterocycles. The zero-order valence-electron chi connectivity index (χ0n) is 21.9. The maximum absolute atomic E-state index is 13.6. The molecule has 3 N–H and O–H groups in total. The lowest BCUT2D eigenvalue weighted by Gasteiger charge is -2.19. The van der Waals surface area contributed by atoms with Gasteiger partial charge in [-0.2, -0.15) is 13.2 Å². The number of carbonyl (C=O) groups is 2. The molecule has 5 rings (SSSR count). The third kappa shape index (κ3) is 5.51. The molecule has 9 heteroatoms. The molecule has 1 amide bonds. The van der Waals surface area contributed by atoms with E-state index in [9.17, 15) is 33.0 Å². The minimum atomic E-state index is -4.57. The second-order valence-electron chi connectivity index (χ2n) is 9.65. The van der Waals surface area contributed by atoms with E-state index >= 15 is 0 Å². The molecule has 4 aromatic carbocycles. The number of aromatic hydroxyl groups is 1. The van der Waals surface area contributed by atoms with Crippen molar-refractivity contribution in [1.82, 2.24) is 0 Å². The number of carboxylic acids is 1. The fourth-order valence-corrected chi connectivity index (χ4v) is 4.88. The predicted octanol–water partition coefficient (Wildman–Crippen LogP) is 7.13. The topological polar surface area (TPSA) is 89.9 Å². The van der Waals surface area contributed by atoms with Crippen molar-refractivity contribution in [3.05, 3.63) is 119 Å². The summed E-state index contributed by atoms with van der Waals surface area (Å²) in [4.78, 5) is 26.3. The van der Waals surface area contributed by atoms with Gasteiger partial charge in [0.1, 0.15) is 5.75 Å². The molecule has 0 fully saturated rings. The number of nitrogens with one attached hydrogen (secondary N) is 1. The molecular weight excluding hydrogens is 533 g/mol. The zero-order valence-corrected chi connectivity index (χ0v) is 21.9. The largest absolute Gasteiger partial charge is 0.505 e. The Kier molecular flexibility index (Phi) is 7.28. The number of rotatable bonds is 7. The molecule has 41 heavy (non-hydrogen) atoms. The van der Waals surface area contributed by atoms with Gasteiger partial charge in [0, 0.05) is 23.9 Å². The fraction of sp³-hybridized carbons (Fsp3) is 0.125. The van der Waals surface area contributed by atoms with Crippen LogP contribution >= 0.6 is 0 Å². The van der Waals surface area contributed by atoms with Crippen molar-refractivity contribution < 1.29 is 33.0 Å². The van der Waals surface area contributed by atoms with Crippen LogP contribution in [-0.2, 0) is 17.4 Å². The number of phenolic OH excluding ortho intramolecular Hbond substituents is 1. The fourth-order valence-electron chi connectivity index (χ4n) is 4.88. The number of hydrogen-bond acceptors (Lipinski definition) is 4. The Hall–Kier alpha value is -5.05. The van der Waals surface area contributed by atoms with E-state index in [1.165, 1.54) is 29.3 Å². The Bertz CT molecular complexity index is 1690. The first kappa shape index (κ1) is 27.5. The molecular formula is C32H25F3N2O4. The highest BCUT2D eigenvalue weighted by molar-refractivity contribution is 6.32. The number of para-hydroxylation sites is 1. The number of alkyl halides is 3. The number of phenols is 1. The van der Waals surface area contributed by atoms with E-state index in [0.29, 0.717) is 23.1 Å². The molecule has 0 atom stereocenters. The van der Waals surface area contributed by atoms with Gasteiger partial charge in [-0.25, -0.2) is 4.79 Å². The minimum Gasteiger partial charge on any atom is -0.505 e. The van der Waals surface area contributed by atoms with Gasteiger partial charge in [-0.1, -0.05) is 54.6 Å². The van der Waals surface area contributed by atoms with Crippen molar-refractivity contribution in [2.24, 2.45) is 0 Å². The van der Waals surface area contributed by atoms with Gasteiger partial charge in [-0.05, 0) is 60.4 Å². The smallest absolute Gasteiger partial charge is 0.416 e. The molecule has 4 aromatic rings. The Labute approximate surface area is 234 Å². The number of halogens is 3. The summed E-state index contributed by atoms with van der Waals surface area (Å²) < 4.78 is 40.7. The number of benzene rings is 4. The highest BCUT2D eigenvalue weighted by atomic mass is 19.4. The van der Waals surface area contributed by atoms with Crippen LogP contribution in [0.1, 0.15) is 32.6 Å². The monoisotopic (exact) mass is 558 g/mol. The Morgan fingerprint density at radius 1 is 0.951 bits per heavy atom. The molecule has 0 aliphatic carbocycles. The minimum absolute atomic E-state index is 0.0551. The summed E-state index contributed by atoms with van der Waals surface area (Å²) in [5, 5.41) is 23.2. The van der Waals surface area contributed by atoms with Gasteiger partial charge in [0.15, 0.2) is 0 Å². The maximum Gasteiger partial charge on any atom is 0.416 e. The molecule has 0 saturated carbocycles. The summed E-state index contributed by atoms with van der Waals surface area (Å²) in [6.07, 6.45) is -2.75. The van der Waals surface area contributed by atoms with E-state index in [2.05, 4.69) is 5.32 Å². The van der Waals surface area contributed by atoms with Gasteiger partial charge in [-0.15, -0.1) is 0 Å². The van der Waals surface area contributed by atoms with Crippen molar-refractivity contribution in [3.63, 3.8) is 0 Å². The lowest BCUT2D eigenvalue weighted by Crippen LogP contribution is -2.29. The Balaban J connectivity index is 1.48. The van der Waals surface area contributed by atoms with Crippen molar-refractivity contribution in [1.29, 1.82) is 0 Å². The summed E-state index contributed by atoms with van der Waals surface area (Å²) in [7, 11) is 0. The van der Waals surface area contributed by atoms with E-state index in [1.54, 1.807) is 30.3 Å². The number of aryl methyl sites for hydroxylation is 1. The molecule has 0 radical (unpaired) electrons. The molecule has 1 aliphatic heterocycles. The second kappa shape index (κ2) is 10.8. The summed E-state index contributed by atoms with van der Waals surface area (Å²) in [5.74, 6) is -1.75. The first-order valence-electron chi connectivity index (χ1n) is 12.7. The van der Waals surface area contributed by atoms with Gasteiger partial charge < -0.3 is 20.4 Å². The molecule has 1 heterocycles. The number of anilines is 2. The summed E-state index contributed by atoms with van der Waals surface area (Å²) in [6, 6.07) is 21.8. The number of carbonyl (C=O) groups excluding carboxylic acids is 1. The van der Waals surface area contributed by atoms with Crippen LogP contribution in [0.4, 0.5) is 24.5 Å². The molecule has 6 nitrogen and oxygen atoms in total. The van der Waals surface area contributed by atoms with Crippen molar-refractivity contribution in [2.45, 2.75) is 19.5 Å². The van der Waals surface area contributed by atoms with Gasteiger partial charge in [-0.3, -0.25) is 4.79 Å². The summed E-state index contributed by atoms with van der Waals surface area (Å²) in [5.41, 5.74) is 2.93. The van der Waals surface area contributed by atoms with Crippen LogP contribution in [0.2, 0.25) is 0 Å². The maximum atomic E-state index is 13.6. The molecule has 1 aliphatic rings. The van der Waals surface area contributed by atoms with Crippen LogP contribution in [-0.4, -0.2) is 28.6 Å². The van der Waals surface area contributed by atoms with E-state index in [1.807, 2.05) is 31.2 Å². The van der Waals surface area contributed by atoms with Gasteiger partial charge in [0.05, 0.1) is 28.1 Å². The highest BCUT2D eigenvalue weighted by Gasteiger charge is 2.37. The lowest BCUT2D eigenvalue weighted by atomic mass is 10.0. The van der Waals surface area contributed by atoms with Gasteiger partial charge in [0.2, 0.25) is 0 Å². The third-order valence-corrected chi connectivity index (χ3v) is 7.08. The second-order valence-corrected chi connectivity index (χ2v) is 9.65. The van der Waals surface area contributed by atoms with E-state index < -0.39 is 23.6 Å². The summed E-state index contributed by atoms with van der Waals surface area (Å²) >= 11 is 0. The SMILES string of the molecule is Cc1ccccc1CCN1C(=O)/C(=C\Nc2cccc(-c3cccc(C(=O)O)c3)c2O)c2ccc(C(F)(F)F)cc21. The molecule has 0 bridgehead atoms. The first-order chi connectivity index (χ1) is 19.5. The zero-order chi connectivity index (χ0) is 29.3. The lowest BCUT2D eigenvalue weighted by molar-refractivity contribution is -0.137. The quantitative estimate of drug-likeness (QED) is 0.166.